The summed E-state index contributed by atoms with van der Waals surface area (Å²) in [5.74, 6) is -0.00485. The van der Waals surface area contributed by atoms with E-state index in [1.807, 2.05) is 18.2 Å². The Bertz CT molecular complexity index is 745. The summed E-state index contributed by atoms with van der Waals surface area (Å²) in [6.07, 6.45) is 11.5. The number of carbonyl (C=O) groups excluding carboxylic acids is 1. The molecule has 0 radical (unpaired) electrons. The molecule has 0 spiro atoms. The standard InChI is InChI=1S/C22H25N3O/c26-22(11-8-17-7-4-12-23-15-17)24-19-13-20-9-10-21(14-19)25(20)16-18-5-2-1-3-6-18/h1-8,11-12,15,19-21H,9-10,13-14,16H2,(H,24,26)/b11-8+. The number of rotatable bonds is 5. The lowest BCUT2D eigenvalue weighted by Crippen LogP contribution is -2.49. The van der Waals surface area contributed by atoms with Crippen LogP contribution in [0.3, 0.4) is 0 Å². The van der Waals surface area contributed by atoms with E-state index in [4.69, 9.17) is 0 Å². The zero-order chi connectivity index (χ0) is 17.8. The molecule has 26 heavy (non-hydrogen) atoms. The molecule has 2 saturated heterocycles. The molecule has 2 aliphatic rings. The third kappa shape index (κ3) is 4.02. The Kier molecular flexibility index (Phi) is 5.12. The summed E-state index contributed by atoms with van der Waals surface area (Å²) in [4.78, 5) is 19.0. The van der Waals surface area contributed by atoms with E-state index in [1.54, 1.807) is 18.5 Å². The van der Waals surface area contributed by atoms with Gasteiger partial charge in [0.05, 0.1) is 0 Å². The van der Waals surface area contributed by atoms with Crippen molar-refractivity contribution in [1.82, 2.24) is 15.2 Å². The Labute approximate surface area is 154 Å². The highest BCUT2D eigenvalue weighted by molar-refractivity contribution is 5.91. The van der Waals surface area contributed by atoms with Crippen LogP contribution < -0.4 is 5.32 Å². The molecule has 1 aromatic heterocycles. The number of benzene rings is 1. The minimum atomic E-state index is -0.00485. The summed E-state index contributed by atoms with van der Waals surface area (Å²) in [5.41, 5.74) is 2.33. The monoisotopic (exact) mass is 347 g/mol. The van der Waals surface area contributed by atoms with Crippen LogP contribution in [0.5, 0.6) is 0 Å². The molecule has 2 atom stereocenters. The lowest BCUT2D eigenvalue weighted by molar-refractivity contribution is -0.117. The van der Waals surface area contributed by atoms with E-state index in [2.05, 4.69) is 45.5 Å². The number of carbonyl (C=O) groups is 1. The van der Waals surface area contributed by atoms with Crippen molar-refractivity contribution in [1.29, 1.82) is 0 Å². The predicted molar refractivity (Wildman–Crippen MR) is 103 cm³/mol. The molecule has 2 unspecified atom stereocenters. The molecule has 3 heterocycles. The van der Waals surface area contributed by atoms with Gasteiger partial charge in [0.15, 0.2) is 0 Å². The lowest BCUT2D eigenvalue weighted by atomic mass is 9.96. The van der Waals surface area contributed by atoms with Crippen molar-refractivity contribution in [3.63, 3.8) is 0 Å². The third-order valence-corrected chi connectivity index (χ3v) is 5.55. The molecular weight excluding hydrogens is 322 g/mol. The van der Waals surface area contributed by atoms with Gasteiger partial charge in [-0.15, -0.1) is 0 Å². The fourth-order valence-electron chi connectivity index (χ4n) is 4.34. The average molecular weight is 347 g/mol. The molecule has 2 bridgehead atoms. The summed E-state index contributed by atoms with van der Waals surface area (Å²) in [5, 5.41) is 3.20. The molecule has 2 aliphatic heterocycles. The SMILES string of the molecule is O=C(/C=C/c1cccnc1)NC1CC2CCC(C1)N2Cc1ccccc1. The van der Waals surface area contributed by atoms with Crippen LogP contribution in [0.2, 0.25) is 0 Å². The normalized spacial score (nSPS) is 25.5. The quantitative estimate of drug-likeness (QED) is 0.843. The molecular formula is C22H25N3O. The van der Waals surface area contributed by atoms with Gasteiger partial charge in [0.1, 0.15) is 0 Å². The van der Waals surface area contributed by atoms with Crippen LogP contribution in [0.1, 0.15) is 36.8 Å². The Morgan fingerprint density at radius 2 is 1.88 bits per heavy atom. The van der Waals surface area contributed by atoms with Crippen LogP contribution in [-0.2, 0) is 11.3 Å². The molecule has 2 fully saturated rings. The summed E-state index contributed by atoms with van der Waals surface area (Å²) in [6, 6.07) is 16.0. The van der Waals surface area contributed by atoms with Gasteiger partial charge in [-0.1, -0.05) is 36.4 Å². The summed E-state index contributed by atoms with van der Waals surface area (Å²) >= 11 is 0. The highest BCUT2D eigenvalue weighted by atomic mass is 16.1. The van der Waals surface area contributed by atoms with Crippen molar-refractivity contribution < 1.29 is 4.79 Å². The van der Waals surface area contributed by atoms with Gasteiger partial charge in [-0.2, -0.15) is 0 Å². The number of hydrogen-bond donors (Lipinski definition) is 1. The van der Waals surface area contributed by atoms with Crippen LogP contribution in [0.15, 0.2) is 60.9 Å². The number of fused-ring (bicyclic) bond motifs is 2. The molecule has 4 rings (SSSR count). The number of aromatic nitrogens is 1. The van der Waals surface area contributed by atoms with Crippen LogP contribution in [0.4, 0.5) is 0 Å². The first-order valence-corrected chi connectivity index (χ1v) is 9.46. The second-order valence-corrected chi connectivity index (χ2v) is 7.34. The molecule has 1 amide bonds. The van der Waals surface area contributed by atoms with E-state index >= 15 is 0 Å². The van der Waals surface area contributed by atoms with Crippen LogP contribution in [-0.4, -0.2) is 33.9 Å². The van der Waals surface area contributed by atoms with Gasteiger partial charge in [-0.25, -0.2) is 0 Å². The maximum atomic E-state index is 12.3. The zero-order valence-corrected chi connectivity index (χ0v) is 14.9. The number of piperidine rings is 1. The summed E-state index contributed by atoms with van der Waals surface area (Å²) < 4.78 is 0. The average Bonchev–Trinajstić information content (AvgIpc) is 2.90. The maximum absolute atomic E-state index is 12.3. The number of nitrogens with zero attached hydrogens (tertiary/aromatic N) is 2. The van der Waals surface area contributed by atoms with E-state index in [9.17, 15) is 4.79 Å². The Balaban J connectivity index is 1.32. The number of amides is 1. The van der Waals surface area contributed by atoms with E-state index in [-0.39, 0.29) is 11.9 Å². The van der Waals surface area contributed by atoms with Crippen molar-refractivity contribution in [2.75, 3.05) is 0 Å². The molecule has 4 nitrogen and oxygen atoms in total. The maximum Gasteiger partial charge on any atom is 0.244 e. The molecule has 1 N–H and O–H groups in total. The van der Waals surface area contributed by atoms with Gasteiger partial charge in [0, 0.05) is 43.1 Å². The first-order valence-electron chi connectivity index (χ1n) is 9.46. The van der Waals surface area contributed by atoms with Crippen LogP contribution in [0.25, 0.3) is 6.08 Å². The molecule has 1 aromatic carbocycles. The largest absolute Gasteiger partial charge is 0.350 e. The van der Waals surface area contributed by atoms with E-state index in [0.29, 0.717) is 12.1 Å². The predicted octanol–water partition coefficient (Wildman–Crippen LogP) is 3.41. The van der Waals surface area contributed by atoms with E-state index in [0.717, 1.165) is 24.9 Å². The van der Waals surface area contributed by atoms with Crippen molar-refractivity contribution in [2.24, 2.45) is 0 Å². The first kappa shape index (κ1) is 17.0. The van der Waals surface area contributed by atoms with Gasteiger partial charge in [-0.05, 0) is 49.0 Å². The molecule has 4 heteroatoms. The minimum absolute atomic E-state index is 0.00485. The third-order valence-electron chi connectivity index (χ3n) is 5.55. The van der Waals surface area contributed by atoms with Gasteiger partial charge in [-0.3, -0.25) is 14.7 Å². The van der Waals surface area contributed by atoms with Crippen molar-refractivity contribution in [3.05, 3.63) is 72.1 Å². The smallest absolute Gasteiger partial charge is 0.244 e. The van der Waals surface area contributed by atoms with Crippen molar-refractivity contribution >= 4 is 12.0 Å². The highest BCUT2D eigenvalue weighted by Gasteiger charge is 2.40. The van der Waals surface area contributed by atoms with Gasteiger partial charge in [0.2, 0.25) is 5.91 Å². The molecule has 0 saturated carbocycles. The second kappa shape index (κ2) is 7.83. The highest BCUT2D eigenvalue weighted by Crippen LogP contribution is 2.36. The lowest BCUT2D eigenvalue weighted by Gasteiger charge is -2.39. The van der Waals surface area contributed by atoms with Gasteiger partial charge in [0.25, 0.3) is 0 Å². The summed E-state index contributed by atoms with van der Waals surface area (Å²) in [6.45, 7) is 1.03. The molecule has 0 aliphatic carbocycles. The van der Waals surface area contributed by atoms with Crippen LogP contribution >= 0.6 is 0 Å². The van der Waals surface area contributed by atoms with E-state index in [1.165, 1.54) is 18.4 Å². The fourth-order valence-corrected chi connectivity index (χ4v) is 4.34. The Morgan fingerprint density at radius 3 is 2.58 bits per heavy atom. The van der Waals surface area contributed by atoms with Crippen molar-refractivity contribution in [3.8, 4) is 0 Å². The Morgan fingerprint density at radius 1 is 1.12 bits per heavy atom. The number of hydrogen-bond acceptors (Lipinski definition) is 3. The van der Waals surface area contributed by atoms with Gasteiger partial charge < -0.3 is 5.32 Å². The second-order valence-electron chi connectivity index (χ2n) is 7.34. The zero-order valence-electron chi connectivity index (χ0n) is 14.9. The Hall–Kier alpha value is -2.46. The van der Waals surface area contributed by atoms with E-state index < -0.39 is 0 Å². The van der Waals surface area contributed by atoms with Gasteiger partial charge >= 0.3 is 0 Å². The minimum Gasteiger partial charge on any atom is -0.350 e. The topological polar surface area (TPSA) is 45.2 Å². The summed E-state index contributed by atoms with van der Waals surface area (Å²) in [7, 11) is 0. The number of pyridine rings is 1. The van der Waals surface area contributed by atoms with Crippen LogP contribution in [0, 0.1) is 0 Å². The van der Waals surface area contributed by atoms with Crippen molar-refractivity contribution in [2.45, 2.75) is 50.4 Å². The molecule has 2 aromatic rings. The number of nitrogens with one attached hydrogen (secondary N) is 1. The fraction of sp³-hybridized carbons (Fsp3) is 0.364. The molecule has 134 valence electrons. The first-order chi connectivity index (χ1) is 12.8.